The summed E-state index contributed by atoms with van der Waals surface area (Å²) in [7, 11) is 1.55. The fourth-order valence-electron chi connectivity index (χ4n) is 7.39. The molecule has 1 spiro atoms. The number of methoxy groups -OCH3 is 1. The van der Waals surface area contributed by atoms with Crippen LogP contribution in [-0.4, -0.2) is 40.2 Å². The summed E-state index contributed by atoms with van der Waals surface area (Å²) in [4.78, 5) is 19.5. The lowest BCUT2D eigenvalue weighted by Crippen LogP contribution is -2.40. The molecule has 7 heteroatoms. The third-order valence-electron chi connectivity index (χ3n) is 10.5. The Morgan fingerprint density at radius 2 is 1.95 bits per heavy atom. The van der Waals surface area contributed by atoms with Crippen molar-refractivity contribution in [2.75, 3.05) is 13.7 Å². The van der Waals surface area contributed by atoms with E-state index in [9.17, 15) is 9.90 Å². The Morgan fingerprint density at radius 1 is 1.12 bits per heavy atom. The van der Waals surface area contributed by atoms with Gasteiger partial charge in [-0.05, 0) is 98.7 Å². The minimum atomic E-state index is -0.928. The Hall–Kier alpha value is -3.45. The van der Waals surface area contributed by atoms with E-state index in [4.69, 9.17) is 9.47 Å². The summed E-state index contributed by atoms with van der Waals surface area (Å²) in [6.45, 7) is 3.64. The standard InChI is InChI=1S/C36H41FN2O4/c1-35(34(40)41,21-23-5-6-23)27-10-7-24-9-13-30(43-31(24)20-27)25-8-11-28(33-29(37)12-14-32(38-33)42-2)26(19-25)22-39-18-4-3-15-36(39)16-17-36/h7-8,10-12,14,19-20,23,30H,3-6,9,13,15-18,21-22H2,1-2H3,(H,40,41)/t30?,35-/m0/s1. The monoisotopic (exact) mass is 584 g/mol. The van der Waals surface area contributed by atoms with Gasteiger partial charge in [0.2, 0.25) is 5.88 Å². The molecular weight excluding hydrogens is 543 g/mol. The van der Waals surface area contributed by atoms with Crippen molar-refractivity contribution < 1.29 is 23.8 Å². The van der Waals surface area contributed by atoms with Crippen molar-refractivity contribution in [2.45, 2.75) is 94.7 Å². The van der Waals surface area contributed by atoms with E-state index < -0.39 is 11.4 Å². The van der Waals surface area contributed by atoms with Crippen LogP contribution in [0.4, 0.5) is 4.39 Å². The first kappa shape index (κ1) is 28.3. The van der Waals surface area contributed by atoms with Gasteiger partial charge in [0.1, 0.15) is 23.4 Å². The summed E-state index contributed by atoms with van der Waals surface area (Å²) in [5.74, 6) is 0.507. The molecule has 2 atom stereocenters. The van der Waals surface area contributed by atoms with E-state index in [1.807, 2.05) is 37.3 Å². The van der Waals surface area contributed by atoms with Gasteiger partial charge in [0.05, 0.1) is 12.5 Å². The number of hydrogen-bond acceptors (Lipinski definition) is 5. The van der Waals surface area contributed by atoms with Crippen LogP contribution in [0.3, 0.4) is 0 Å². The number of nitrogens with zero attached hydrogens (tertiary/aromatic N) is 2. The minimum Gasteiger partial charge on any atom is -0.485 e. The van der Waals surface area contributed by atoms with Gasteiger partial charge in [-0.3, -0.25) is 9.69 Å². The molecule has 4 aliphatic rings. The van der Waals surface area contributed by atoms with Gasteiger partial charge < -0.3 is 14.6 Å². The number of fused-ring (bicyclic) bond motifs is 1. The molecule has 1 aromatic heterocycles. The number of rotatable bonds is 9. The highest BCUT2D eigenvalue weighted by atomic mass is 19.1. The Kier molecular flexibility index (Phi) is 7.19. The second kappa shape index (κ2) is 10.9. The number of pyridine rings is 1. The fraction of sp³-hybridized carbons (Fsp3) is 0.500. The van der Waals surface area contributed by atoms with Crippen LogP contribution < -0.4 is 9.47 Å². The first-order valence-electron chi connectivity index (χ1n) is 15.9. The molecule has 2 aromatic carbocycles. The van der Waals surface area contributed by atoms with Crippen LogP contribution in [0.1, 0.15) is 93.1 Å². The summed E-state index contributed by atoms with van der Waals surface area (Å²) >= 11 is 0. The normalized spacial score (nSPS) is 22.3. The van der Waals surface area contributed by atoms with Gasteiger partial charge >= 0.3 is 5.97 Å². The quantitative estimate of drug-likeness (QED) is 0.279. The van der Waals surface area contributed by atoms with Crippen molar-refractivity contribution >= 4 is 5.97 Å². The molecule has 3 aromatic rings. The molecule has 7 rings (SSSR count). The van der Waals surface area contributed by atoms with Crippen LogP contribution in [0.15, 0.2) is 48.5 Å². The lowest BCUT2D eigenvalue weighted by molar-refractivity contribution is -0.143. The number of likely N-dealkylation sites (tertiary alicyclic amines) is 1. The predicted molar refractivity (Wildman–Crippen MR) is 163 cm³/mol. The van der Waals surface area contributed by atoms with Crippen LogP contribution in [-0.2, 0) is 23.2 Å². The largest absolute Gasteiger partial charge is 0.485 e. The molecular formula is C36H41FN2O4. The molecule has 2 aliphatic carbocycles. The van der Waals surface area contributed by atoms with E-state index in [1.54, 1.807) is 13.2 Å². The molecule has 1 saturated heterocycles. The zero-order valence-corrected chi connectivity index (χ0v) is 25.2. The zero-order valence-electron chi connectivity index (χ0n) is 25.2. The van der Waals surface area contributed by atoms with E-state index in [0.29, 0.717) is 29.5 Å². The molecule has 0 radical (unpaired) electrons. The number of hydrogen-bond donors (Lipinski definition) is 1. The number of carbonyl (C=O) groups is 1. The fourth-order valence-corrected chi connectivity index (χ4v) is 7.39. The second-order valence-electron chi connectivity index (χ2n) is 13.5. The number of benzene rings is 2. The average molecular weight is 585 g/mol. The molecule has 6 nitrogen and oxygen atoms in total. The number of aliphatic carboxylic acids is 1. The summed E-state index contributed by atoms with van der Waals surface area (Å²) in [6, 6.07) is 15.2. The molecule has 2 saturated carbocycles. The van der Waals surface area contributed by atoms with Crippen LogP contribution in [0.5, 0.6) is 11.6 Å². The minimum absolute atomic E-state index is 0.172. The van der Waals surface area contributed by atoms with E-state index in [0.717, 1.165) is 72.3 Å². The summed E-state index contributed by atoms with van der Waals surface area (Å²) in [6.07, 6.45) is 10.5. The zero-order chi connectivity index (χ0) is 29.8. The molecule has 3 heterocycles. The first-order valence-corrected chi connectivity index (χ1v) is 15.9. The van der Waals surface area contributed by atoms with Crippen LogP contribution in [0.2, 0.25) is 0 Å². The van der Waals surface area contributed by atoms with Gasteiger partial charge in [0.15, 0.2) is 0 Å². The highest BCUT2D eigenvalue weighted by molar-refractivity contribution is 5.81. The lowest BCUT2D eigenvalue weighted by atomic mass is 9.77. The number of piperidine rings is 1. The maximum absolute atomic E-state index is 15.2. The molecule has 0 bridgehead atoms. The van der Waals surface area contributed by atoms with E-state index in [-0.39, 0.29) is 11.9 Å². The first-order chi connectivity index (χ1) is 20.8. The van der Waals surface area contributed by atoms with Crippen LogP contribution in [0, 0.1) is 11.7 Å². The molecule has 0 amide bonds. The number of ether oxygens (including phenoxy) is 2. The van der Waals surface area contributed by atoms with Crippen molar-refractivity contribution in [1.82, 2.24) is 9.88 Å². The Balaban J connectivity index is 1.22. The topological polar surface area (TPSA) is 71.9 Å². The number of aryl methyl sites for hydroxylation is 1. The lowest BCUT2D eigenvalue weighted by Gasteiger charge is -2.37. The highest BCUT2D eigenvalue weighted by Gasteiger charge is 2.48. The smallest absolute Gasteiger partial charge is 0.313 e. The molecule has 43 heavy (non-hydrogen) atoms. The van der Waals surface area contributed by atoms with Gasteiger partial charge in [-0.1, -0.05) is 49.6 Å². The number of carboxylic acid groups (broad SMARTS) is 1. The van der Waals surface area contributed by atoms with Crippen molar-refractivity contribution in [3.63, 3.8) is 0 Å². The Labute approximate surface area is 253 Å². The van der Waals surface area contributed by atoms with Gasteiger partial charge in [0, 0.05) is 23.7 Å². The van der Waals surface area contributed by atoms with Crippen molar-refractivity contribution in [3.8, 4) is 22.9 Å². The third-order valence-corrected chi connectivity index (χ3v) is 10.5. The highest BCUT2D eigenvalue weighted by Crippen LogP contribution is 2.50. The van der Waals surface area contributed by atoms with Crippen molar-refractivity contribution in [2.24, 2.45) is 5.92 Å². The number of carboxylic acids is 1. The van der Waals surface area contributed by atoms with Gasteiger partial charge in [-0.25, -0.2) is 9.37 Å². The molecule has 2 aliphatic heterocycles. The maximum Gasteiger partial charge on any atom is 0.313 e. The molecule has 226 valence electrons. The maximum atomic E-state index is 15.2. The molecule has 1 unspecified atom stereocenters. The average Bonchev–Trinajstić information content (AvgIpc) is 3.96. The summed E-state index contributed by atoms with van der Waals surface area (Å²) < 4.78 is 27.2. The van der Waals surface area contributed by atoms with Crippen molar-refractivity contribution in [1.29, 1.82) is 0 Å². The van der Waals surface area contributed by atoms with Crippen molar-refractivity contribution in [3.05, 3.63) is 76.6 Å². The van der Waals surface area contributed by atoms with Gasteiger partial charge in [-0.2, -0.15) is 0 Å². The second-order valence-corrected chi connectivity index (χ2v) is 13.5. The molecule has 1 N–H and O–H groups in total. The molecule has 3 fully saturated rings. The summed E-state index contributed by atoms with van der Waals surface area (Å²) in [5.41, 5.74) is 4.49. The Morgan fingerprint density at radius 3 is 2.70 bits per heavy atom. The predicted octanol–water partition coefficient (Wildman–Crippen LogP) is 7.62. The van der Waals surface area contributed by atoms with E-state index >= 15 is 4.39 Å². The van der Waals surface area contributed by atoms with Gasteiger partial charge in [0.25, 0.3) is 0 Å². The summed E-state index contributed by atoms with van der Waals surface area (Å²) in [5, 5.41) is 10.2. The van der Waals surface area contributed by atoms with Crippen LogP contribution >= 0.6 is 0 Å². The Bertz CT molecular complexity index is 1550. The number of aromatic nitrogens is 1. The SMILES string of the molecule is COc1ccc(F)c(-c2ccc(C3CCc4ccc([C@](C)(CC5CC5)C(=O)O)cc4O3)cc2CN2CCCCC23CC3)n1. The third kappa shape index (κ3) is 5.41. The number of halogens is 1. The van der Waals surface area contributed by atoms with E-state index in [2.05, 4.69) is 16.0 Å². The van der Waals surface area contributed by atoms with Gasteiger partial charge in [-0.15, -0.1) is 0 Å². The van der Waals surface area contributed by atoms with E-state index in [1.165, 1.54) is 38.2 Å². The van der Waals surface area contributed by atoms with Crippen LogP contribution in [0.25, 0.3) is 11.3 Å².